The standard InChI is InChI=1S/C19H15ClN2O4S2/c1-25-14-5-3-4-12(16(14)26-2)10-15-18(24)22(19(27)28-15)21-17(23)11-6-8-13(20)9-7-11/h3-10H,1-2H3,(H,21,23)/b15-10+. The molecule has 2 aromatic rings. The Morgan fingerprint density at radius 2 is 1.89 bits per heavy atom. The molecule has 0 saturated carbocycles. The van der Waals surface area contributed by atoms with E-state index in [1.165, 1.54) is 14.2 Å². The van der Waals surface area contributed by atoms with Crippen molar-refractivity contribution < 1.29 is 19.1 Å². The molecule has 2 amide bonds. The van der Waals surface area contributed by atoms with Crippen LogP contribution in [-0.2, 0) is 4.79 Å². The third-order valence-electron chi connectivity index (χ3n) is 3.83. The van der Waals surface area contributed by atoms with E-state index in [0.717, 1.165) is 16.8 Å². The van der Waals surface area contributed by atoms with Gasteiger partial charge < -0.3 is 9.47 Å². The van der Waals surface area contributed by atoms with E-state index in [0.29, 0.717) is 32.6 Å². The maximum atomic E-state index is 12.7. The number of carbonyl (C=O) groups is 2. The van der Waals surface area contributed by atoms with Gasteiger partial charge in [-0.1, -0.05) is 35.5 Å². The number of hydrazine groups is 1. The molecule has 0 aromatic heterocycles. The van der Waals surface area contributed by atoms with Gasteiger partial charge in [0.1, 0.15) is 0 Å². The van der Waals surface area contributed by atoms with Crippen molar-refractivity contribution >= 4 is 57.8 Å². The lowest BCUT2D eigenvalue weighted by Gasteiger charge is -2.15. The minimum Gasteiger partial charge on any atom is -0.493 e. The van der Waals surface area contributed by atoms with Crippen molar-refractivity contribution in [2.24, 2.45) is 0 Å². The zero-order chi connectivity index (χ0) is 20.3. The van der Waals surface area contributed by atoms with Crippen LogP contribution in [0.3, 0.4) is 0 Å². The summed E-state index contributed by atoms with van der Waals surface area (Å²) < 4.78 is 10.9. The van der Waals surface area contributed by atoms with Crippen molar-refractivity contribution in [2.75, 3.05) is 14.2 Å². The van der Waals surface area contributed by atoms with Gasteiger partial charge in [-0.2, -0.15) is 5.01 Å². The molecule has 0 radical (unpaired) electrons. The quantitative estimate of drug-likeness (QED) is 0.568. The summed E-state index contributed by atoms with van der Waals surface area (Å²) in [6.45, 7) is 0. The average Bonchev–Trinajstić information content (AvgIpc) is 2.95. The van der Waals surface area contributed by atoms with Crippen molar-refractivity contribution in [2.45, 2.75) is 0 Å². The third-order valence-corrected chi connectivity index (χ3v) is 5.39. The van der Waals surface area contributed by atoms with Crippen molar-refractivity contribution in [1.82, 2.24) is 10.4 Å². The molecule has 1 fully saturated rings. The number of hydrogen-bond acceptors (Lipinski definition) is 6. The van der Waals surface area contributed by atoms with E-state index >= 15 is 0 Å². The van der Waals surface area contributed by atoms with Gasteiger partial charge in [0, 0.05) is 16.1 Å². The monoisotopic (exact) mass is 434 g/mol. The number of methoxy groups -OCH3 is 2. The van der Waals surface area contributed by atoms with Crippen LogP contribution < -0.4 is 14.9 Å². The summed E-state index contributed by atoms with van der Waals surface area (Å²) in [7, 11) is 3.06. The van der Waals surface area contributed by atoms with Crippen LogP contribution in [0.25, 0.3) is 6.08 Å². The van der Waals surface area contributed by atoms with Gasteiger partial charge in [-0.3, -0.25) is 15.0 Å². The summed E-state index contributed by atoms with van der Waals surface area (Å²) in [5.41, 5.74) is 3.54. The second kappa shape index (κ2) is 8.64. The number of hydrogen-bond donors (Lipinski definition) is 1. The first-order valence-corrected chi connectivity index (χ1v) is 9.60. The van der Waals surface area contributed by atoms with Crippen LogP contribution in [-0.4, -0.2) is 35.4 Å². The Labute approximate surface area is 176 Å². The fourth-order valence-corrected chi connectivity index (χ4v) is 3.79. The first kappa shape index (κ1) is 20.2. The van der Waals surface area contributed by atoms with E-state index in [9.17, 15) is 9.59 Å². The zero-order valence-corrected chi connectivity index (χ0v) is 17.3. The topological polar surface area (TPSA) is 67.9 Å². The molecule has 0 bridgehead atoms. The highest BCUT2D eigenvalue weighted by Crippen LogP contribution is 2.36. The highest BCUT2D eigenvalue weighted by Gasteiger charge is 2.34. The molecule has 2 aromatic carbocycles. The average molecular weight is 435 g/mol. The largest absolute Gasteiger partial charge is 0.493 e. The number of nitrogens with one attached hydrogen (secondary N) is 1. The summed E-state index contributed by atoms with van der Waals surface area (Å²) >= 11 is 12.2. The predicted octanol–water partition coefficient (Wildman–Crippen LogP) is 3.90. The molecular formula is C19H15ClN2O4S2. The van der Waals surface area contributed by atoms with Crippen molar-refractivity contribution in [3.8, 4) is 11.5 Å². The molecule has 1 heterocycles. The highest BCUT2D eigenvalue weighted by atomic mass is 35.5. The summed E-state index contributed by atoms with van der Waals surface area (Å²) in [4.78, 5) is 25.5. The number of rotatable bonds is 5. The van der Waals surface area contributed by atoms with Gasteiger partial charge in [-0.05, 0) is 48.6 Å². The van der Waals surface area contributed by atoms with Gasteiger partial charge in [-0.15, -0.1) is 0 Å². The summed E-state index contributed by atoms with van der Waals surface area (Å²) in [5.74, 6) is 0.151. The first-order valence-electron chi connectivity index (χ1n) is 8.00. The van der Waals surface area contributed by atoms with Gasteiger partial charge in [0.25, 0.3) is 11.8 Å². The van der Waals surface area contributed by atoms with E-state index in [2.05, 4.69) is 5.43 Å². The Morgan fingerprint density at radius 1 is 1.18 bits per heavy atom. The summed E-state index contributed by atoms with van der Waals surface area (Å²) in [6, 6.07) is 11.6. The third kappa shape index (κ3) is 4.14. The fourth-order valence-electron chi connectivity index (χ4n) is 2.50. The number of para-hydroxylation sites is 1. The van der Waals surface area contributed by atoms with Crippen LogP contribution in [0.15, 0.2) is 47.4 Å². The normalized spacial score (nSPS) is 15.1. The highest BCUT2D eigenvalue weighted by molar-refractivity contribution is 8.26. The molecule has 1 aliphatic rings. The maximum absolute atomic E-state index is 12.7. The second-order valence-electron chi connectivity index (χ2n) is 5.55. The van der Waals surface area contributed by atoms with Crippen molar-refractivity contribution in [3.05, 3.63) is 63.5 Å². The van der Waals surface area contributed by atoms with E-state index < -0.39 is 11.8 Å². The van der Waals surface area contributed by atoms with Crippen molar-refractivity contribution in [1.29, 1.82) is 0 Å². The number of ether oxygens (including phenoxy) is 2. The van der Waals surface area contributed by atoms with Crippen LogP contribution in [0.2, 0.25) is 5.02 Å². The minimum atomic E-state index is -0.465. The van der Waals surface area contributed by atoms with E-state index in [4.69, 9.17) is 33.3 Å². The lowest BCUT2D eigenvalue weighted by atomic mass is 10.1. The van der Waals surface area contributed by atoms with Crippen LogP contribution in [0.5, 0.6) is 11.5 Å². The molecule has 6 nitrogen and oxygen atoms in total. The Balaban J connectivity index is 1.83. The summed E-state index contributed by atoms with van der Waals surface area (Å²) in [6.07, 6.45) is 1.65. The van der Waals surface area contributed by atoms with Crippen LogP contribution >= 0.6 is 35.6 Å². The molecular weight excluding hydrogens is 420 g/mol. The molecule has 1 aliphatic heterocycles. The first-order chi connectivity index (χ1) is 13.4. The molecule has 9 heteroatoms. The SMILES string of the molecule is COc1cccc(/C=C2/SC(=S)N(NC(=O)c3ccc(Cl)cc3)C2=O)c1OC. The fraction of sp³-hybridized carbons (Fsp3) is 0.105. The second-order valence-corrected chi connectivity index (χ2v) is 7.66. The van der Waals surface area contributed by atoms with Gasteiger partial charge in [0.2, 0.25) is 0 Å². The predicted molar refractivity (Wildman–Crippen MR) is 113 cm³/mol. The Morgan fingerprint density at radius 3 is 2.54 bits per heavy atom. The lowest BCUT2D eigenvalue weighted by Crippen LogP contribution is -2.44. The van der Waals surface area contributed by atoms with Crippen molar-refractivity contribution in [3.63, 3.8) is 0 Å². The van der Waals surface area contributed by atoms with Crippen LogP contribution in [0, 0.1) is 0 Å². The number of carbonyl (C=O) groups excluding carboxylic acids is 2. The lowest BCUT2D eigenvalue weighted by molar-refractivity contribution is -0.123. The number of benzene rings is 2. The van der Waals surface area contributed by atoms with Crippen LogP contribution in [0.4, 0.5) is 0 Å². The number of amides is 2. The van der Waals surface area contributed by atoms with Gasteiger partial charge in [-0.25, -0.2) is 0 Å². The molecule has 0 atom stereocenters. The molecule has 28 heavy (non-hydrogen) atoms. The molecule has 0 aliphatic carbocycles. The summed E-state index contributed by atoms with van der Waals surface area (Å²) in [5, 5.41) is 1.56. The van der Waals surface area contributed by atoms with Crippen LogP contribution in [0.1, 0.15) is 15.9 Å². The minimum absolute atomic E-state index is 0.223. The number of halogens is 1. The molecule has 144 valence electrons. The Hall–Kier alpha value is -2.55. The zero-order valence-electron chi connectivity index (χ0n) is 14.9. The van der Waals surface area contributed by atoms with Gasteiger partial charge in [0.05, 0.1) is 19.1 Å². The molecule has 1 N–H and O–H groups in total. The number of nitrogens with zero attached hydrogens (tertiary/aromatic N) is 1. The Bertz CT molecular complexity index is 976. The van der Waals surface area contributed by atoms with Gasteiger partial charge in [0.15, 0.2) is 15.8 Å². The smallest absolute Gasteiger partial charge is 0.285 e. The number of thioether (sulfide) groups is 1. The van der Waals surface area contributed by atoms with E-state index in [1.54, 1.807) is 48.5 Å². The molecule has 0 spiro atoms. The maximum Gasteiger partial charge on any atom is 0.285 e. The molecule has 3 rings (SSSR count). The molecule has 1 saturated heterocycles. The van der Waals surface area contributed by atoms with Gasteiger partial charge >= 0.3 is 0 Å². The molecule has 0 unspecified atom stereocenters. The van der Waals surface area contributed by atoms with E-state index in [-0.39, 0.29) is 4.32 Å². The Kier molecular flexibility index (Phi) is 6.23. The number of thiocarbonyl (C=S) groups is 1. The van der Waals surface area contributed by atoms with E-state index in [1.807, 2.05) is 0 Å².